The summed E-state index contributed by atoms with van der Waals surface area (Å²) < 4.78 is 7.09. The van der Waals surface area contributed by atoms with Crippen LogP contribution in [-0.2, 0) is 9.53 Å². The summed E-state index contributed by atoms with van der Waals surface area (Å²) in [7, 11) is 1.48. The quantitative estimate of drug-likeness (QED) is 0.850. The molecule has 1 saturated heterocycles. The maximum atomic E-state index is 13.1. The van der Waals surface area contributed by atoms with E-state index in [2.05, 4.69) is 0 Å². The van der Waals surface area contributed by atoms with Gasteiger partial charge in [-0.25, -0.2) is 0 Å². The number of carbonyl (C=O) groups is 2. The van der Waals surface area contributed by atoms with Gasteiger partial charge in [-0.2, -0.15) is 0 Å². The molecular formula is C20H23ClN2O4. The van der Waals surface area contributed by atoms with Gasteiger partial charge in [-0.3, -0.25) is 9.59 Å². The number of aryl methyl sites for hydroxylation is 1. The smallest absolute Gasteiger partial charge is 0.313 e. The van der Waals surface area contributed by atoms with Crippen LogP contribution in [-0.4, -0.2) is 53.3 Å². The number of hydrogen-bond acceptors (Lipinski definition) is 3. The van der Waals surface area contributed by atoms with Gasteiger partial charge in [0.05, 0.1) is 12.2 Å². The molecule has 0 aliphatic carbocycles. The third-order valence-corrected chi connectivity index (χ3v) is 5.48. The fourth-order valence-electron chi connectivity index (χ4n) is 3.84. The Morgan fingerprint density at radius 1 is 1.30 bits per heavy atom. The summed E-state index contributed by atoms with van der Waals surface area (Å²) in [5.74, 6) is -1.08. The SMILES string of the molecule is COCC1(C(=O)O)CCN(C(=O)c2cc(C)n(-c3cccc(Cl)c3)c2C)C1. The first-order chi connectivity index (χ1) is 12.8. The minimum atomic E-state index is -1.04. The molecule has 6 nitrogen and oxygen atoms in total. The van der Waals surface area contributed by atoms with Crippen LogP contribution in [0.25, 0.3) is 5.69 Å². The summed E-state index contributed by atoms with van der Waals surface area (Å²) >= 11 is 6.11. The van der Waals surface area contributed by atoms with E-state index in [-0.39, 0.29) is 19.1 Å². The van der Waals surface area contributed by atoms with E-state index >= 15 is 0 Å². The van der Waals surface area contributed by atoms with Crippen LogP contribution in [0.2, 0.25) is 5.02 Å². The number of likely N-dealkylation sites (tertiary alicyclic amines) is 1. The topological polar surface area (TPSA) is 71.8 Å². The Kier molecular flexibility index (Phi) is 5.31. The number of carboxylic acid groups (broad SMARTS) is 1. The lowest BCUT2D eigenvalue weighted by molar-refractivity contribution is -0.151. The van der Waals surface area contributed by atoms with Crippen molar-refractivity contribution < 1.29 is 19.4 Å². The molecule has 0 spiro atoms. The number of aliphatic carboxylic acids is 1. The molecule has 3 rings (SSSR count). The van der Waals surface area contributed by atoms with Crippen molar-refractivity contribution in [3.63, 3.8) is 0 Å². The van der Waals surface area contributed by atoms with Crippen LogP contribution in [0, 0.1) is 19.3 Å². The molecule has 1 amide bonds. The van der Waals surface area contributed by atoms with E-state index in [1.54, 1.807) is 11.0 Å². The molecule has 1 atom stereocenters. The minimum absolute atomic E-state index is 0.0909. The number of nitrogens with zero attached hydrogens (tertiary/aromatic N) is 2. The lowest BCUT2D eigenvalue weighted by Gasteiger charge is -2.23. The largest absolute Gasteiger partial charge is 0.481 e. The summed E-state index contributed by atoms with van der Waals surface area (Å²) in [5.41, 5.74) is 2.14. The summed E-state index contributed by atoms with van der Waals surface area (Å²) in [6.07, 6.45) is 0.384. The molecule has 27 heavy (non-hydrogen) atoms. The van der Waals surface area contributed by atoms with Crippen molar-refractivity contribution in [3.05, 3.63) is 52.3 Å². The fourth-order valence-corrected chi connectivity index (χ4v) is 4.02. The van der Waals surface area contributed by atoms with Gasteiger partial charge >= 0.3 is 5.97 Å². The lowest BCUT2D eigenvalue weighted by Crippen LogP contribution is -2.40. The molecule has 0 saturated carbocycles. The highest BCUT2D eigenvalue weighted by Gasteiger charge is 2.46. The van der Waals surface area contributed by atoms with Crippen molar-refractivity contribution in [3.8, 4) is 5.69 Å². The predicted octanol–water partition coefficient (Wildman–Crippen LogP) is 3.31. The van der Waals surface area contributed by atoms with Gasteiger partial charge in [0.1, 0.15) is 5.41 Å². The molecule has 2 aromatic rings. The number of amides is 1. The first-order valence-corrected chi connectivity index (χ1v) is 9.13. The first kappa shape index (κ1) is 19.5. The summed E-state index contributed by atoms with van der Waals surface area (Å²) in [6.45, 7) is 4.46. The number of benzene rings is 1. The van der Waals surface area contributed by atoms with E-state index in [9.17, 15) is 14.7 Å². The Morgan fingerprint density at radius 2 is 2.04 bits per heavy atom. The summed E-state index contributed by atoms with van der Waals surface area (Å²) in [6, 6.07) is 9.29. The normalized spacial score (nSPS) is 19.5. The fraction of sp³-hybridized carbons (Fsp3) is 0.400. The monoisotopic (exact) mass is 390 g/mol. The van der Waals surface area contributed by atoms with Gasteiger partial charge in [0.2, 0.25) is 0 Å². The van der Waals surface area contributed by atoms with Crippen LogP contribution in [0.15, 0.2) is 30.3 Å². The van der Waals surface area contributed by atoms with Crippen molar-refractivity contribution in [2.24, 2.45) is 5.41 Å². The molecule has 2 heterocycles. The van der Waals surface area contributed by atoms with Gasteiger partial charge in [0.15, 0.2) is 0 Å². The zero-order valence-electron chi connectivity index (χ0n) is 15.7. The molecule has 1 aliphatic heterocycles. The molecule has 0 radical (unpaired) electrons. The van der Waals surface area contributed by atoms with Gasteiger partial charge in [0, 0.05) is 42.3 Å². The van der Waals surface area contributed by atoms with E-state index in [4.69, 9.17) is 16.3 Å². The summed E-state index contributed by atoms with van der Waals surface area (Å²) in [5, 5.41) is 10.2. The third kappa shape index (κ3) is 3.47. The molecule has 144 valence electrons. The number of ether oxygens (including phenoxy) is 1. The number of rotatable bonds is 5. The highest BCUT2D eigenvalue weighted by molar-refractivity contribution is 6.30. The molecule has 1 N–H and O–H groups in total. The van der Waals surface area contributed by atoms with E-state index in [0.717, 1.165) is 17.1 Å². The van der Waals surface area contributed by atoms with Gasteiger partial charge in [0.25, 0.3) is 5.91 Å². The number of carbonyl (C=O) groups excluding carboxylic acids is 1. The average molecular weight is 391 g/mol. The van der Waals surface area contributed by atoms with Crippen molar-refractivity contribution >= 4 is 23.5 Å². The van der Waals surface area contributed by atoms with Gasteiger partial charge in [-0.05, 0) is 44.5 Å². The van der Waals surface area contributed by atoms with Gasteiger partial charge in [-0.1, -0.05) is 17.7 Å². The van der Waals surface area contributed by atoms with Crippen molar-refractivity contribution in [2.75, 3.05) is 26.8 Å². The minimum Gasteiger partial charge on any atom is -0.481 e. The van der Waals surface area contributed by atoms with E-state index < -0.39 is 11.4 Å². The molecule has 0 bridgehead atoms. The molecule has 1 fully saturated rings. The highest BCUT2D eigenvalue weighted by atomic mass is 35.5. The molecule has 7 heteroatoms. The Labute approximate surface area is 163 Å². The maximum Gasteiger partial charge on any atom is 0.313 e. The Morgan fingerprint density at radius 3 is 2.67 bits per heavy atom. The second-order valence-corrected chi connectivity index (χ2v) is 7.53. The highest BCUT2D eigenvalue weighted by Crippen LogP contribution is 2.33. The molecular weight excluding hydrogens is 368 g/mol. The van der Waals surface area contributed by atoms with Crippen LogP contribution in [0.1, 0.15) is 28.2 Å². The molecule has 1 aromatic heterocycles. The zero-order valence-corrected chi connectivity index (χ0v) is 16.4. The number of carboxylic acids is 1. The lowest BCUT2D eigenvalue weighted by atomic mass is 9.88. The van der Waals surface area contributed by atoms with E-state index in [1.165, 1.54) is 7.11 Å². The van der Waals surface area contributed by atoms with Gasteiger partial charge < -0.3 is 19.3 Å². The zero-order chi connectivity index (χ0) is 19.8. The number of methoxy groups -OCH3 is 1. The van der Waals surface area contributed by atoms with Crippen molar-refractivity contribution in [1.82, 2.24) is 9.47 Å². The standard InChI is InChI=1S/C20H23ClN2O4/c1-13-9-17(14(2)23(13)16-6-4-5-15(21)10-16)18(24)22-8-7-20(11-22,12-27-3)19(25)26/h4-6,9-10H,7-8,11-12H2,1-3H3,(H,25,26). The first-order valence-electron chi connectivity index (χ1n) is 8.75. The number of aromatic nitrogens is 1. The molecule has 1 aliphatic rings. The average Bonchev–Trinajstić information content (AvgIpc) is 3.17. The van der Waals surface area contributed by atoms with Crippen LogP contribution >= 0.6 is 11.6 Å². The van der Waals surface area contributed by atoms with E-state index in [1.807, 2.05) is 42.7 Å². The Bertz CT molecular complexity index is 892. The maximum absolute atomic E-state index is 13.1. The van der Waals surface area contributed by atoms with E-state index in [0.29, 0.717) is 23.6 Å². The van der Waals surface area contributed by atoms with Crippen LogP contribution in [0.3, 0.4) is 0 Å². The van der Waals surface area contributed by atoms with Crippen LogP contribution < -0.4 is 0 Å². The van der Waals surface area contributed by atoms with Crippen molar-refractivity contribution in [1.29, 1.82) is 0 Å². The Balaban J connectivity index is 1.91. The Hall–Kier alpha value is -2.31. The predicted molar refractivity (Wildman–Crippen MR) is 103 cm³/mol. The second-order valence-electron chi connectivity index (χ2n) is 7.10. The second kappa shape index (κ2) is 7.37. The van der Waals surface area contributed by atoms with Crippen molar-refractivity contribution in [2.45, 2.75) is 20.3 Å². The number of halogens is 1. The van der Waals surface area contributed by atoms with Crippen LogP contribution in [0.4, 0.5) is 0 Å². The van der Waals surface area contributed by atoms with Crippen LogP contribution in [0.5, 0.6) is 0 Å². The molecule has 1 unspecified atom stereocenters. The third-order valence-electron chi connectivity index (χ3n) is 5.24. The number of hydrogen-bond donors (Lipinski definition) is 1. The molecule has 1 aromatic carbocycles. The van der Waals surface area contributed by atoms with Gasteiger partial charge in [-0.15, -0.1) is 0 Å². The summed E-state index contributed by atoms with van der Waals surface area (Å²) in [4.78, 5) is 26.4.